The fourth-order valence-electron chi connectivity index (χ4n) is 1.78. The van der Waals surface area contributed by atoms with Crippen LogP contribution in [0.25, 0.3) is 0 Å². The molecule has 0 saturated carbocycles. The van der Waals surface area contributed by atoms with Crippen LogP contribution in [-0.4, -0.2) is 22.2 Å². The second kappa shape index (κ2) is 9.34. The van der Waals surface area contributed by atoms with Crippen molar-refractivity contribution in [2.24, 2.45) is 0 Å². The van der Waals surface area contributed by atoms with Crippen LogP contribution in [-0.2, 0) is 16.0 Å². The number of aliphatic carboxylic acids is 2. The third kappa shape index (κ3) is 6.70. The van der Waals surface area contributed by atoms with Crippen LogP contribution in [0.5, 0.6) is 0 Å². The Morgan fingerprint density at radius 1 is 0.909 bits per heavy atom. The van der Waals surface area contributed by atoms with E-state index in [0.29, 0.717) is 6.42 Å². The van der Waals surface area contributed by atoms with Crippen molar-refractivity contribution >= 4 is 11.9 Å². The summed E-state index contributed by atoms with van der Waals surface area (Å²) in [6, 6.07) is 18.8. The highest BCUT2D eigenvalue weighted by Crippen LogP contribution is 2.13. The molecule has 0 saturated heterocycles. The average molecular weight is 300 g/mol. The molecule has 1 atom stereocenters. The van der Waals surface area contributed by atoms with Gasteiger partial charge in [-0.25, -0.2) is 0 Å². The number of benzene rings is 2. The van der Waals surface area contributed by atoms with Gasteiger partial charge < -0.3 is 10.2 Å². The second-order valence-corrected chi connectivity index (χ2v) is 4.85. The first-order valence-electron chi connectivity index (χ1n) is 7.04. The number of hydrogen-bond acceptors (Lipinski definition) is 2. The number of carboxylic acid groups (broad SMARTS) is 2. The summed E-state index contributed by atoms with van der Waals surface area (Å²) in [5.41, 5.74) is 1.93. The van der Waals surface area contributed by atoms with E-state index < -0.39 is 17.9 Å². The Bertz CT molecular complexity index is 579. The maximum atomic E-state index is 10.5. The van der Waals surface area contributed by atoms with Crippen LogP contribution in [0, 0.1) is 0 Å². The maximum absolute atomic E-state index is 10.5. The Kier molecular flexibility index (Phi) is 7.40. The van der Waals surface area contributed by atoms with Gasteiger partial charge in [-0.05, 0) is 24.5 Å². The van der Waals surface area contributed by atoms with Gasteiger partial charge in [0.1, 0.15) is 0 Å². The monoisotopic (exact) mass is 300 g/mol. The molecule has 0 heterocycles. The molecule has 0 aromatic heterocycles. The second-order valence-electron chi connectivity index (χ2n) is 4.85. The van der Waals surface area contributed by atoms with Crippen molar-refractivity contribution in [1.29, 1.82) is 0 Å². The maximum Gasteiger partial charge on any atom is 0.310 e. The van der Waals surface area contributed by atoms with Crippen LogP contribution >= 0.6 is 0 Å². The molecule has 4 heteroatoms. The van der Waals surface area contributed by atoms with Gasteiger partial charge in [0.2, 0.25) is 0 Å². The highest BCUT2D eigenvalue weighted by Gasteiger charge is 2.11. The van der Waals surface area contributed by atoms with Gasteiger partial charge in [-0.2, -0.15) is 0 Å². The van der Waals surface area contributed by atoms with Gasteiger partial charge in [-0.15, -0.1) is 0 Å². The normalized spacial score (nSPS) is 11.0. The van der Waals surface area contributed by atoms with Crippen LogP contribution in [0.2, 0.25) is 0 Å². The number of aryl methyl sites for hydroxylation is 1. The largest absolute Gasteiger partial charge is 0.481 e. The van der Waals surface area contributed by atoms with Crippen molar-refractivity contribution in [3.63, 3.8) is 0 Å². The summed E-state index contributed by atoms with van der Waals surface area (Å²) in [5, 5.41) is 17.0. The van der Waals surface area contributed by atoms with E-state index in [2.05, 4.69) is 0 Å². The van der Waals surface area contributed by atoms with Crippen molar-refractivity contribution in [1.82, 2.24) is 0 Å². The lowest BCUT2D eigenvalue weighted by Crippen LogP contribution is -2.06. The van der Waals surface area contributed by atoms with E-state index in [0.717, 1.165) is 11.1 Å². The predicted molar refractivity (Wildman–Crippen MR) is 84.9 cm³/mol. The fraction of sp³-hybridized carbons (Fsp3) is 0.222. The average Bonchev–Trinajstić information content (AvgIpc) is 2.54. The van der Waals surface area contributed by atoms with Gasteiger partial charge in [0.05, 0.1) is 5.92 Å². The SMILES string of the molecule is C[C@H](C(=O)O)c1ccccc1.O=C(O)CCc1ccccc1. The minimum Gasteiger partial charge on any atom is -0.481 e. The van der Waals surface area contributed by atoms with Gasteiger partial charge in [0, 0.05) is 6.42 Å². The highest BCUT2D eigenvalue weighted by atomic mass is 16.4. The Hall–Kier alpha value is -2.62. The van der Waals surface area contributed by atoms with Crippen molar-refractivity contribution in [3.05, 3.63) is 71.8 Å². The molecule has 4 nitrogen and oxygen atoms in total. The Morgan fingerprint density at radius 2 is 1.41 bits per heavy atom. The minimum absolute atomic E-state index is 0.212. The van der Waals surface area contributed by atoms with Crippen LogP contribution in [0.4, 0.5) is 0 Å². The Labute approximate surface area is 130 Å². The Morgan fingerprint density at radius 3 is 1.86 bits per heavy atom. The van der Waals surface area contributed by atoms with Crippen LogP contribution in [0.1, 0.15) is 30.4 Å². The minimum atomic E-state index is -0.781. The van der Waals surface area contributed by atoms with Gasteiger partial charge in [0.15, 0.2) is 0 Å². The number of carbonyl (C=O) groups is 2. The first-order valence-corrected chi connectivity index (χ1v) is 7.04. The molecule has 0 aliphatic heterocycles. The topological polar surface area (TPSA) is 74.6 Å². The molecule has 2 aromatic carbocycles. The molecule has 0 aliphatic carbocycles. The summed E-state index contributed by atoms with van der Waals surface area (Å²) in [6.07, 6.45) is 0.834. The van der Waals surface area contributed by atoms with Crippen molar-refractivity contribution in [2.45, 2.75) is 25.7 Å². The summed E-state index contributed by atoms with van der Waals surface area (Å²) in [6.45, 7) is 1.68. The van der Waals surface area contributed by atoms with E-state index in [4.69, 9.17) is 10.2 Å². The summed E-state index contributed by atoms with van der Waals surface area (Å²) < 4.78 is 0. The van der Waals surface area contributed by atoms with Gasteiger partial charge in [0.25, 0.3) is 0 Å². The standard InChI is InChI=1S/2C9H10O2/c1-7(9(10)11)8-5-3-2-4-6-8;10-9(11)7-6-8-4-2-1-3-5-8/h2-7H,1H3,(H,10,11);1-5H,6-7H2,(H,10,11)/t7-;/m0./s1. The first kappa shape index (κ1) is 17.4. The summed E-state index contributed by atoms with van der Waals surface area (Å²) in [7, 11) is 0. The lowest BCUT2D eigenvalue weighted by Gasteiger charge is -2.04. The molecule has 0 unspecified atom stereocenters. The fourth-order valence-corrected chi connectivity index (χ4v) is 1.78. The smallest absolute Gasteiger partial charge is 0.310 e. The van der Waals surface area contributed by atoms with Crippen molar-refractivity contribution in [3.8, 4) is 0 Å². The lowest BCUT2D eigenvalue weighted by molar-refractivity contribution is -0.138. The molecule has 22 heavy (non-hydrogen) atoms. The zero-order valence-electron chi connectivity index (χ0n) is 12.5. The highest BCUT2D eigenvalue weighted by molar-refractivity contribution is 5.75. The summed E-state index contributed by atoms with van der Waals surface area (Å²) in [4.78, 5) is 20.7. The number of rotatable bonds is 5. The molecular weight excluding hydrogens is 280 g/mol. The van der Waals surface area contributed by atoms with E-state index in [9.17, 15) is 9.59 Å². The number of carboxylic acids is 2. The molecule has 2 aromatic rings. The van der Waals surface area contributed by atoms with Crippen LogP contribution in [0.15, 0.2) is 60.7 Å². The molecule has 0 fully saturated rings. The summed E-state index contributed by atoms with van der Waals surface area (Å²) >= 11 is 0. The van der Waals surface area contributed by atoms with Gasteiger partial charge in [-0.1, -0.05) is 60.7 Å². The quantitative estimate of drug-likeness (QED) is 0.885. The predicted octanol–water partition coefficient (Wildman–Crippen LogP) is 3.58. The Balaban J connectivity index is 0.000000220. The summed E-state index contributed by atoms with van der Waals surface area (Å²) in [5.74, 6) is -1.93. The molecule has 2 rings (SSSR count). The zero-order chi connectivity index (χ0) is 16.4. The number of hydrogen-bond donors (Lipinski definition) is 2. The molecule has 0 spiro atoms. The molecule has 0 bridgehead atoms. The van der Waals surface area contributed by atoms with E-state index >= 15 is 0 Å². The van der Waals surface area contributed by atoms with E-state index in [-0.39, 0.29) is 6.42 Å². The van der Waals surface area contributed by atoms with Crippen LogP contribution in [0.3, 0.4) is 0 Å². The first-order chi connectivity index (χ1) is 10.5. The van der Waals surface area contributed by atoms with Crippen molar-refractivity contribution in [2.75, 3.05) is 0 Å². The zero-order valence-corrected chi connectivity index (χ0v) is 12.5. The third-order valence-electron chi connectivity index (χ3n) is 3.14. The molecule has 0 amide bonds. The van der Waals surface area contributed by atoms with Gasteiger partial charge >= 0.3 is 11.9 Å². The van der Waals surface area contributed by atoms with Crippen LogP contribution < -0.4 is 0 Å². The lowest BCUT2D eigenvalue weighted by atomic mass is 10.0. The van der Waals surface area contributed by atoms with E-state index in [1.807, 2.05) is 60.7 Å². The van der Waals surface area contributed by atoms with Crippen molar-refractivity contribution < 1.29 is 19.8 Å². The molecule has 116 valence electrons. The molecule has 0 radical (unpaired) electrons. The third-order valence-corrected chi connectivity index (χ3v) is 3.14. The van der Waals surface area contributed by atoms with E-state index in [1.54, 1.807) is 6.92 Å². The molecule has 0 aliphatic rings. The van der Waals surface area contributed by atoms with Gasteiger partial charge in [-0.3, -0.25) is 9.59 Å². The van der Waals surface area contributed by atoms with E-state index in [1.165, 1.54) is 0 Å². The molecule has 2 N–H and O–H groups in total. The molecular formula is C18H20O4.